The maximum absolute atomic E-state index is 13.5. The third-order valence-corrected chi connectivity index (χ3v) is 2.93. The average molecular weight is 223 g/mol. The van der Waals surface area contributed by atoms with Crippen LogP contribution in [0.5, 0.6) is 0 Å². The molecule has 1 atom stereocenters. The fourth-order valence-electron chi connectivity index (χ4n) is 2.00. The molecule has 16 heavy (non-hydrogen) atoms. The second-order valence-electron chi connectivity index (χ2n) is 4.33. The molecule has 0 aliphatic carbocycles. The van der Waals surface area contributed by atoms with Gasteiger partial charge in [0.1, 0.15) is 5.82 Å². The van der Waals surface area contributed by atoms with Gasteiger partial charge in [0.05, 0.1) is 11.8 Å². The molecule has 1 aliphatic rings. The van der Waals surface area contributed by atoms with Gasteiger partial charge in [-0.05, 0) is 43.9 Å². The summed E-state index contributed by atoms with van der Waals surface area (Å²) in [6.07, 6.45) is 3.61. The van der Waals surface area contributed by atoms with E-state index in [0.717, 1.165) is 38.0 Å². The Bertz CT molecular complexity index is 348. The van der Waals surface area contributed by atoms with E-state index in [0.29, 0.717) is 11.8 Å². The van der Waals surface area contributed by atoms with Gasteiger partial charge in [-0.3, -0.25) is 0 Å². The van der Waals surface area contributed by atoms with Gasteiger partial charge < -0.3 is 10.1 Å². The van der Waals surface area contributed by atoms with Gasteiger partial charge in [0.25, 0.3) is 0 Å². The van der Waals surface area contributed by atoms with E-state index in [9.17, 15) is 4.39 Å². The zero-order chi connectivity index (χ0) is 11.4. The second-order valence-corrected chi connectivity index (χ2v) is 4.33. The van der Waals surface area contributed by atoms with Gasteiger partial charge in [0, 0.05) is 13.2 Å². The minimum absolute atomic E-state index is 0.174. The van der Waals surface area contributed by atoms with Crippen molar-refractivity contribution in [3.8, 4) is 0 Å². The van der Waals surface area contributed by atoms with Crippen molar-refractivity contribution in [3.05, 3.63) is 29.6 Å². The van der Waals surface area contributed by atoms with Crippen LogP contribution in [0.2, 0.25) is 0 Å². The summed E-state index contributed by atoms with van der Waals surface area (Å²) < 4.78 is 19.0. The summed E-state index contributed by atoms with van der Waals surface area (Å²) in [5.41, 5.74) is 1.53. The molecule has 0 amide bonds. The van der Waals surface area contributed by atoms with Gasteiger partial charge >= 0.3 is 0 Å². The van der Waals surface area contributed by atoms with Crippen molar-refractivity contribution in [2.75, 3.05) is 18.5 Å². The molecule has 1 aromatic carbocycles. The highest BCUT2D eigenvalue weighted by Crippen LogP contribution is 2.18. The zero-order valence-corrected chi connectivity index (χ0v) is 9.63. The first kappa shape index (κ1) is 11.4. The van der Waals surface area contributed by atoms with E-state index in [-0.39, 0.29) is 5.82 Å². The predicted octanol–water partition coefficient (Wildman–Crippen LogP) is 3.12. The summed E-state index contributed by atoms with van der Waals surface area (Å²) in [5.74, 6) is -0.174. The summed E-state index contributed by atoms with van der Waals surface area (Å²) >= 11 is 0. The van der Waals surface area contributed by atoms with Crippen molar-refractivity contribution >= 4 is 5.69 Å². The third-order valence-electron chi connectivity index (χ3n) is 2.93. The smallest absolute Gasteiger partial charge is 0.146 e. The van der Waals surface area contributed by atoms with Crippen LogP contribution >= 0.6 is 0 Å². The number of hydrogen-bond donors (Lipinski definition) is 1. The number of aryl methyl sites for hydroxylation is 1. The molecular weight excluding hydrogens is 205 g/mol. The standard InChI is InChI=1S/C13H18FNO/c1-10-4-5-13(12(14)9-10)15-7-6-11-3-2-8-16-11/h4-5,9,11,15H,2-3,6-8H2,1H3. The van der Waals surface area contributed by atoms with E-state index < -0.39 is 0 Å². The third kappa shape index (κ3) is 2.95. The molecule has 0 spiro atoms. The lowest BCUT2D eigenvalue weighted by Gasteiger charge is -2.11. The van der Waals surface area contributed by atoms with Crippen LogP contribution in [0, 0.1) is 12.7 Å². The SMILES string of the molecule is Cc1ccc(NCCC2CCCO2)c(F)c1. The Labute approximate surface area is 95.8 Å². The van der Waals surface area contributed by atoms with E-state index >= 15 is 0 Å². The van der Waals surface area contributed by atoms with Gasteiger partial charge in [0.2, 0.25) is 0 Å². The number of anilines is 1. The van der Waals surface area contributed by atoms with Crippen LogP contribution in [0.3, 0.4) is 0 Å². The fourth-order valence-corrected chi connectivity index (χ4v) is 2.00. The quantitative estimate of drug-likeness (QED) is 0.846. The molecule has 1 aliphatic heterocycles. The van der Waals surface area contributed by atoms with E-state index in [1.54, 1.807) is 12.1 Å². The summed E-state index contributed by atoms with van der Waals surface area (Å²) in [7, 11) is 0. The highest BCUT2D eigenvalue weighted by molar-refractivity contribution is 5.46. The number of hydrogen-bond acceptors (Lipinski definition) is 2. The summed E-state index contributed by atoms with van der Waals surface area (Å²) in [6, 6.07) is 5.26. The maximum atomic E-state index is 13.5. The Morgan fingerprint density at radius 2 is 2.38 bits per heavy atom. The van der Waals surface area contributed by atoms with Crippen LogP contribution in [0.1, 0.15) is 24.8 Å². The van der Waals surface area contributed by atoms with Gasteiger partial charge in [-0.1, -0.05) is 6.07 Å². The first-order valence-corrected chi connectivity index (χ1v) is 5.87. The Morgan fingerprint density at radius 3 is 3.06 bits per heavy atom. The fraction of sp³-hybridized carbons (Fsp3) is 0.538. The molecule has 0 aromatic heterocycles. The molecule has 1 heterocycles. The summed E-state index contributed by atoms with van der Waals surface area (Å²) in [5, 5.41) is 3.11. The second kappa shape index (κ2) is 5.30. The first-order valence-electron chi connectivity index (χ1n) is 5.87. The van der Waals surface area contributed by atoms with Crippen molar-refractivity contribution in [2.45, 2.75) is 32.3 Å². The normalized spacial score (nSPS) is 20.0. The van der Waals surface area contributed by atoms with E-state index in [1.165, 1.54) is 0 Å². The van der Waals surface area contributed by atoms with Crippen molar-refractivity contribution in [1.82, 2.24) is 0 Å². The van der Waals surface area contributed by atoms with Crippen LogP contribution < -0.4 is 5.32 Å². The van der Waals surface area contributed by atoms with Crippen molar-refractivity contribution in [2.24, 2.45) is 0 Å². The van der Waals surface area contributed by atoms with Crippen LogP contribution in [-0.2, 0) is 4.74 Å². The lowest BCUT2D eigenvalue weighted by atomic mass is 10.1. The molecule has 1 fully saturated rings. The number of benzene rings is 1. The molecule has 0 saturated carbocycles. The number of rotatable bonds is 4. The van der Waals surface area contributed by atoms with Crippen molar-refractivity contribution in [1.29, 1.82) is 0 Å². The average Bonchev–Trinajstić information content (AvgIpc) is 2.74. The van der Waals surface area contributed by atoms with Gasteiger partial charge in [-0.25, -0.2) is 4.39 Å². The van der Waals surface area contributed by atoms with E-state index in [1.807, 2.05) is 13.0 Å². The minimum atomic E-state index is -0.174. The lowest BCUT2D eigenvalue weighted by Crippen LogP contribution is -2.13. The molecule has 1 N–H and O–H groups in total. The first-order chi connectivity index (χ1) is 7.75. The number of nitrogens with one attached hydrogen (secondary N) is 1. The number of ether oxygens (including phenoxy) is 1. The van der Waals surface area contributed by atoms with Gasteiger partial charge in [-0.15, -0.1) is 0 Å². The molecule has 1 saturated heterocycles. The van der Waals surface area contributed by atoms with Crippen molar-refractivity contribution < 1.29 is 9.13 Å². The maximum Gasteiger partial charge on any atom is 0.146 e. The van der Waals surface area contributed by atoms with Crippen LogP contribution in [0.4, 0.5) is 10.1 Å². The molecule has 2 nitrogen and oxygen atoms in total. The number of halogens is 1. The lowest BCUT2D eigenvalue weighted by molar-refractivity contribution is 0.107. The minimum Gasteiger partial charge on any atom is -0.383 e. The zero-order valence-electron chi connectivity index (χ0n) is 9.63. The molecule has 88 valence electrons. The summed E-state index contributed by atoms with van der Waals surface area (Å²) in [6.45, 7) is 3.54. The highest BCUT2D eigenvalue weighted by Gasteiger charge is 2.14. The molecule has 1 aromatic rings. The summed E-state index contributed by atoms with van der Waals surface area (Å²) in [4.78, 5) is 0. The molecule has 0 bridgehead atoms. The highest BCUT2D eigenvalue weighted by atomic mass is 19.1. The molecule has 1 unspecified atom stereocenters. The molecular formula is C13H18FNO. The van der Waals surface area contributed by atoms with Crippen LogP contribution in [0.15, 0.2) is 18.2 Å². The van der Waals surface area contributed by atoms with Gasteiger partial charge in [0.15, 0.2) is 0 Å². The van der Waals surface area contributed by atoms with Crippen molar-refractivity contribution in [3.63, 3.8) is 0 Å². The Morgan fingerprint density at radius 1 is 1.50 bits per heavy atom. The monoisotopic (exact) mass is 223 g/mol. The Hall–Kier alpha value is -1.09. The Kier molecular flexibility index (Phi) is 3.78. The largest absolute Gasteiger partial charge is 0.383 e. The topological polar surface area (TPSA) is 21.3 Å². The van der Waals surface area contributed by atoms with Crippen LogP contribution in [-0.4, -0.2) is 19.3 Å². The molecule has 0 radical (unpaired) electrons. The van der Waals surface area contributed by atoms with E-state index in [2.05, 4.69) is 5.32 Å². The predicted molar refractivity (Wildman–Crippen MR) is 63.2 cm³/mol. The van der Waals surface area contributed by atoms with Crippen LogP contribution in [0.25, 0.3) is 0 Å². The Balaban J connectivity index is 1.80. The molecule has 2 rings (SSSR count). The van der Waals surface area contributed by atoms with Gasteiger partial charge in [-0.2, -0.15) is 0 Å². The van der Waals surface area contributed by atoms with E-state index in [4.69, 9.17) is 4.74 Å². The molecule has 3 heteroatoms.